The Hall–Kier alpha value is -5.51. The number of fused-ring (bicyclic) bond motifs is 7. The van der Waals surface area contributed by atoms with Crippen molar-refractivity contribution in [2.45, 2.75) is 38.0 Å². The van der Waals surface area contributed by atoms with Crippen molar-refractivity contribution in [1.82, 2.24) is 15.5 Å². The van der Waals surface area contributed by atoms with E-state index >= 15 is 0 Å². The van der Waals surface area contributed by atoms with Gasteiger partial charge in [-0.05, 0) is 77.7 Å². The summed E-state index contributed by atoms with van der Waals surface area (Å²) in [5.41, 5.74) is 3.71. The molecule has 242 valence electrons. The van der Waals surface area contributed by atoms with Crippen LogP contribution in [0.3, 0.4) is 0 Å². The highest BCUT2D eigenvalue weighted by Crippen LogP contribution is 2.33. The molecule has 2 atom stereocenters. The first-order chi connectivity index (χ1) is 22.8. The van der Waals surface area contributed by atoms with E-state index in [1.807, 2.05) is 48.5 Å². The zero-order valence-electron chi connectivity index (χ0n) is 26.1. The average Bonchev–Trinajstić information content (AvgIpc) is 3.10. The number of ether oxygens (including phenoxy) is 3. The van der Waals surface area contributed by atoms with Crippen molar-refractivity contribution in [1.29, 1.82) is 0 Å². The van der Waals surface area contributed by atoms with Crippen molar-refractivity contribution >= 4 is 17.7 Å². The normalized spacial score (nSPS) is 18.1. The van der Waals surface area contributed by atoms with Crippen LogP contribution in [0.15, 0.2) is 91.0 Å². The van der Waals surface area contributed by atoms with Crippen LogP contribution in [0.4, 0.5) is 0 Å². The number of benzene rings is 4. The smallest absolute Gasteiger partial charge is 0.258 e. The molecule has 47 heavy (non-hydrogen) atoms. The standard InChI is InChI=1S/C37H37N3O7/c1-45-33-15-10-27-20-31(33)26-3-2-4-30(19-26)46-23-35(42)38-21-25-7-13-29(14-8-25)47-34-17-18-40(22-32(34)39-37(27)44)36(43)16-9-24-5-11-28(41)12-6-24/h2-8,10-15,19-20,32,34,41H,9,16-18,21-23H2,1H3,(H,38,42)(H,39,44)/t32-,34-/m1/s1. The summed E-state index contributed by atoms with van der Waals surface area (Å²) < 4.78 is 17.8. The second-order valence-corrected chi connectivity index (χ2v) is 11.7. The van der Waals surface area contributed by atoms with Crippen LogP contribution in [0.25, 0.3) is 11.1 Å². The fraction of sp³-hybridized carbons (Fsp3) is 0.270. The van der Waals surface area contributed by atoms with Crippen LogP contribution in [0, 0.1) is 0 Å². The molecule has 1 saturated heterocycles. The predicted molar refractivity (Wildman–Crippen MR) is 176 cm³/mol. The van der Waals surface area contributed by atoms with E-state index in [1.54, 1.807) is 54.5 Å². The Morgan fingerprint density at radius 1 is 0.957 bits per heavy atom. The van der Waals surface area contributed by atoms with Crippen molar-refractivity contribution in [3.63, 3.8) is 0 Å². The number of aryl methyl sites for hydroxylation is 1. The maximum Gasteiger partial charge on any atom is 0.258 e. The number of hydrogen-bond donors (Lipinski definition) is 3. The molecule has 10 nitrogen and oxygen atoms in total. The highest BCUT2D eigenvalue weighted by Gasteiger charge is 2.34. The molecule has 0 radical (unpaired) electrons. The lowest BCUT2D eigenvalue weighted by molar-refractivity contribution is -0.133. The van der Waals surface area contributed by atoms with Gasteiger partial charge in [-0.15, -0.1) is 0 Å². The van der Waals surface area contributed by atoms with Gasteiger partial charge in [0, 0.05) is 43.6 Å². The topological polar surface area (TPSA) is 126 Å². The molecule has 3 aliphatic heterocycles. The predicted octanol–water partition coefficient (Wildman–Crippen LogP) is 4.49. The maximum atomic E-state index is 13.8. The molecule has 3 heterocycles. The molecule has 0 saturated carbocycles. The molecular weight excluding hydrogens is 598 g/mol. The van der Waals surface area contributed by atoms with Crippen LogP contribution in [0.2, 0.25) is 0 Å². The minimum atomic E-state index is -0.485. The van der Waals surface area contributed by atoms with E-state index in [0.717, 1.165) is 16.7 Å². The lowest BCUT2D eigenvalue weighted by Crippen LogP contribution is -2.58. The monoisotopic (exact) mass is 635 g/mol. The summed E-state index contributed by atoms with van der Waals surface area (Å²) in [6.45, 7) is 0.956. The largest absolute Gasteiger partial charge is 0.508 e. The number of likely N-dealkylation sites (tertiary alicyclic amines) is 1. The fourth-order valence-corrected chi connectivity index (χ4v) is 5.85. The first-order valence-electron chi connectivity index (χ1n) is 15.6. The van der Waals surface area contributed by atoms with Crippen LogP contribution in [-0.2, 0) is 22.6 Å². The van der Waals surface area contributed by atoms with E-state index < -0.39 is 6.04 Å². The van der Waals surface area contributed by atoms with Gasteiger partial charge in [-0.3, -0.25) is 14.4 Å². The van der Waals surface area contributed by atoms with Crippen molar-refractivity contribution in [3.05, 3.63) is 108 Å². The van der Waals surface area contributed by atoms with Crippen LogP contribution in [0.1, 0.15) is 34.3 Å². The Morgan fingerprint density at radius 3 is 2.55 bits per heavy atom. The van der Waals surface area contributed by atoms with Gasteiger partial charge in [-0.1, -0.05) is 36.4 Å². The Kier molecular flexibility index (Phi) is 9.56. The Morgan fingerprint density at radius 2 is 1.77 bits per heavy atom. The third-order valence-corrected chi connectivity index (χ3v) is 8.46. The van der Waals surface area contributed by atoms with Gasteiger partial charge >= 0.3 is 0 Å². The van der Waals surface area contributed by atoms with Gasteiger partial charge < -0.3 is 34.9 Å². The summed E-state index contributed by atoms with van der Waals surface area (Å²) in [5.74, 6) is 1.31. The van der Waals surface area contributed by atoms with Crippen LogP contribution in [-0.4, -0.2) is 66.7 Å². The molecule has 3 amide bonds. The molecule has 0 aromatic heterocycles. The number of carbonyl (C=O) groups excluding carboxylic acids is 3. The van der Waals surface area contributed by atoms with E-state index in [0.29, 0.717) is 60.7 Å². The number of nitrogens with zero attached hydrogens (tertiary/aromatic N) is 1. The molecule has 3 N–H and O–H groups in total. The van der Waals surface area contributed by atoms with E-state index in [-0.39, 0.29) is 42.7 Å². The third-order valence-electron chi connectivity index (χ3n) is 8.46. The number of carbonyl (C=O) groups is 3. The van der Waals surface area contributed by atoms with Gasteiger partial charge in [-0.2, -0.15) is 0 Å². The van der Waals surface area contributed by atoms with Crippen LogP contribution >= 0.6 is 0 Å². The lowest BCUT2D eigenvalue weighted by Gasteiger charge is -2.39. The van der Waals surface area contributed by atoms with Gasteiger partial charge in [0.05, 0.1) is 13.2 Å². The number of piperidine rings is 1. The first kappa shape index (κ1) is 31.5. The number of aromatic hydroxyl groups is 1. The maximum absolute atomic E-state index is 13.8. The lowest BCUT2D eigenvalue weighted by atomic mass is 9.98. The van der Waals surface area contributed by atoms with E-state index in [2.05, 4.69) is 10.6 Å². The third kappa shape index (κ3) is 7.84. The summed E-state index contributed by atoms with van der Waals surface area (Å²) >= 11 is 0. The molecule has 0 spiro atoms. The fourth-order valence-electron chi connectivity index (χ4n) is 5.85. The van der Waals surface area contributed by atoms with Crippen LogP contribution in [0.5, 0.6) is 23.0 Å². The highest BCUT2D eigenvalue weighted by atomic mass is 16.5. The second kappa shape index (κ2) is 14.3. The van der Waals surface area contributed by atoms with Crippen molar-refractivity contribution < 1.29 is 33.7 Å². The molecule has 4 aromatic carbocycles. The highest BCUT2D eigenvalue weighted by molar-refractivity contribution is 5.96. The number of methoxy groups -OCH3 is 1. The zero-order chi connectivity index (χ0) is 32.8. The molecule has 6 bridgehead atoms. The number of phenolic OH excluding ortho intramolecular Hbond substituents is 1. The Bertz CT molecular complexity index is 1740. The molecular formula is C37H37N3O7. The summed E-state index contributed by atoms with van der Waals surface area (Å²) in [5, 5.41) is 15.6. The van der Waals surface area contributed by atoms with Crippen molar-refractivity contribution in [2.75, 3.05) is 26.8 Å². The average molecular weight is 636 g/mol. The summed E-state index contributed by atoms with van der Waals surface area (Å²) in [7, 11) is 1.57. The Balaban J connectivity index is 1.27. The minimum Gasteiger partial charge on any atom is -0.508 e. The number of rotatable bonds is 4. The summed E-state index contributed by atoms with van der Waals surface area (Å²) in [6, 6.07) is 26.3. The molecule has 4 aromatic rings. The van der Waals surface area contributed by atoms with Crippen LogP contribution < -0.4 is 24.8 Å². The van der Waals surface area contributed by atoms with Gasteiger partial charge in [0.1, 0.15) is 29.1 Å². The quantitative estimate of drug-likeness (QED) is 0.302. The van der Waals surface area contributed by atoms with E-state index in [1.165, 1.54) is 0 Å². The zero-order valence-corrected chi connectivity index (χ0v) is 26.1. The van der Waals surface area contributed by atoms with E-state index in [9.17, 15) is 19.5 Å². The number of nitrogens with one attached hydrogen (secondary N) is 2. The van der Waals surface area contributed by atoms with Gasteiger partial charge in [-0.25, -0.2) is 0 Å². The number of hydrogen-bond acceptors (Lipinski definition) is 7. The van der Waals surface area contributed by atoms with E-state index in [4.69, 9.17) is 14.2 Å². The van der Waals surface area contributed by atoms with Gasteiger partial charge in [0.25, 0.3) is 11.8 Å². The molecule has 7 rings (SSSR count). The molecule has 0 unspecified atom stereocenters. The summed E-state index contributed by atoms with van der Waals surface area (Å²) in [4.78, 5) is 41.4. The van der Waals surface area contributed by atoms with Gasteiger partial charge in [0.15, 0.2) is 6.61 Å². The molecule has 1 fully saturated rings. The second-order valence-electron chi connectivity index (χ2n) is 11.7. The Labute approximate surface area is 273 Å². The molecule has 10 heteroatoms. The van der Waals surface area contributed by atoms with Gasteiger partial charge in [0.2, 0.25) is 5.91 Å². The minimum absolute atomic E-state index is 0.0163. The first-order valence-corrected chi connectivity index (χ1v) is 15.6. The van der Waals surface area contributed by atoms with Crippen molar-refractivity contribution in [3.8, 4) is 34.1 Å². The SMILES string of the molecule is COc1ccc2cc1-c1cccc(c1)OCC(=O)NCc1ccc(cc1)O[C@@H]1CCN(C(=O)CCc3ccc(O)cc3)C[C@H]1NC2=O. The summed E-state index contributed by atoms with van der Waals surface area (Å²) in [6.07, 6.45) is 0.983. The molecule has 0 aliphatic carbocycles. The van der Waals surface area contributed by atoms with Crippen molar-refractivity contribution in [2.24, 2.45) is 0 Å². The number of phenols is 1. The molecule has 3 aliphatic rings. The number of amides is 3.